The van der Waals surface area contributed by atoms with Crippen molar-refractivity contribution in [2.45, 2.75) is 45.0 Å². The Morgan fingerprint density at radius 3 is 2.69 bits per heavy atom. The molecule has 1 aromatic carbocycles. The number of carbonyl (C=O) groups excluding carboxylic acids is 1. The summed E-state index contributed by atoms with van der Waals surface area (Å²) in [5.74, 6) is -0.700. The van der Waals surface area contributed by atoms with Crippen molar-refractivity contribution in [1.29, 1.82) is 0 Å². The lowest BCUT2D eigenvalue weighted by atomic mass is 9.95. The van der Waals surface area contributed by atoms with Gasteiger partial charge in [0, 0.05) is 23.4 Å². The van der Waals surface area contributed by atoms with E-state index in [2.05, 4.69) is 5.32 Å². The molecule has 1 unspecified atom stereocenters. The van der Waals surface area contributed by atoms with Gasteiger partial charge in [-0.2, -0.15) is 0 Å². The third kappa shape index (κ3) is 4.44. The highest BCUT2D eigenvalue weighted by Crippen LogP contribution is 2.43. The van der Waals surface area contributed by atoms with Crippen molar-refractivity contribution in [1.82, 2.24) is 5.32 Å². The van der Waals surface area contributed by atoms with Gasteiger partial charge < -0.3 is 24.4 Å². The van der Waals surface area contributed by atoms with Crippen molar-refractivity contribution in [2.75, 3.05) is 6.61 Å². The quantitative estimate of drug-likeness (QED) is 0.368. The highest BCUT2D eigenvalue weighted by Gasteiger charge is 2.43. The van der Waals surface area contributed by atoms with Crippen LogP contribution in [0.2, 0.25) is 5.02 Å². The van der Waals surface area contributed by atoms with Crippen LogP contribution in [0.5, 0.6) is 0 Å². The second kappa shape index (κ2) is 9.22. The summed E-state index contributed by atoms with van der Waals surface area (Å²) >= 11 is 5.98. The Morgan fingerprint density at radius 2 is 2.00 bits per heavy atom. The van der Waals surface area contributed by atoms with Gasteiger partial charge in [-0.15, -0.1) is 10.1 Å². The van der Waals surface area contributed by atoms with Crippen molar-refractivity contribution in [3.05, 3.63) is 80.0 Å². The molecule has 2 aliphatic heterocycles. The van der Waals surface area contributed by atoms with Gasteiger partial charge in [-0.3, -0.25) is 4.79 Å². The molecule has 4 atom stereocenters. The fourth-order valence-electron chi connectivity index (χ4n) is 4.19. The molecule has 0 aromatic heterocycles. The Balaban J connectivity index is 1.46. The minimum Gasteiger partial charge on any atom is -0.488 e. The van der Waals surface area contributed by atoms with Crippen LogP contribution in [-0.2, 0) is 23.8 Å². The highest BCUT2D eigenvalue weighted by atomic mass is 35.5. The summed E-state index contributed by atoms with van der Waals surface area (Å²) in [7, 11) is 0. The number of hydrogen-bond acceptors (Lipinski definition) is 8. The normalized spacial score (nSPS) is 26.5. The molecule has 0 radical (unpaired) electrons. The van der Waals surface area contributed by atoms with Gasteiger partial charge in [0.2, 0.25) is 0 Å². The zero-order valence-electron chi connectivity index (χ0n) is 17.6. The smallest absolute Gasteiger partial charge is 0.314 e. The van der Waals surface area contributed by atoms with E-state index < -0.39 is 29.2 Å². The van der Waals surface area contributed by atoms with Gasteiger partial charge in [-0.05, 0) is 44.4 Å². The van der Waals surface area contributed by atoms with E-state index in [1.807, 2.05) is 18.3 Å². The van der Waals surface area contributed by atoms with Gasteiger partial charge in [-0.25, -0.2) is 0 Å². The molecule has 0 spiro atoms. The van der Waals surface area contributed by atoms with E-state index in [1.165, 1.54) is 0 Å². The average molecular weight is 463 g/mol. The molecule has 1 saturated carbocycles. The Hall–Kier alpha value is -3.04. The van der Waals surface area contributed by atoms with Crippen molar-refractivity contribution >= 4 is 17.6 Å². The average Bonchev–Trinajstić information content (AvgIpc) is 3.35. The molecule has 2 heterocycles. The van der Waals surface area contributed by atoms with Crippen molar-refractivity contribution in [3.8, 4) is 0 Å². The maximum atomic E-state index is 13.0. The molecule has 170 valence electrons. The first-order valence-electron chi connectivity index (χ1n) is 10.3. The van der Waals surface area contributed by atoms with Crippen molar-refractivity contribution in [2.24, 2.45) is 5.92 Å². The number of nitrogens with one attached hydrogen (secondary N) is 1. The standard InChI is InChI=1S/C22H23ClN2O7/c1-3-29-18-8-14(9-19(18)32-25(27)28)22(26)31-20-12(2)24-10-16-17(20)11-30-21(16)13-4-6-15(23)7-5-13/h4-7,10-11,14,18-19,21,24H,3,8-9H2,1-2H3/t14-,18+,19+,21?/m1/s1. The SMILES string of the molecule is CCO[C@H]1C[C@@H](C(=O)OC2=C(C)NC=C3C2=COC3c2ccc(Cl)cc2)C[C@@H]1O[N+](=O)[O-]. The van der Waals surface area contributed by atoms with Crippen LogP contribution in [0.3, 0.4) is 0 Å². The number of esters is 1. The lowest BCUT2D eigenvalue weighted by molar-refractivity contribution is -0.770. The molecule has 1 N–H and O–H groups in total. The summed E-state index contributed by atoms with van der Waals surface area (Å²) in [6.07, 6.45) is 2.14. The first kappa shape index (κ1) is 22.2. The zero-order valence-corrected chi connectivity index (χ0v) is 18.3. The lowest BCUT2D eigenvalue weighted by Crippen LogP contribution is -2.28. The Morgan fingerprint density at radius 1 is 1.28 bits per heavy atom. The Bertz CT molecular complexity index is 1000. The molecule has 10 heteroatoms. The summed E-state index contributed by atoms with van der Waals surface area (Å²) in [4.78, 5) is 28.5. The molecule has 4 rings (SSSR count). The lowest BCUT2D eigenvalue weighted by Gasteiger charge is -2.22. The number of hydrogen-bond donors (Lipinski definition) is 1. The summed E-state index contributed by atoms with van der Waals surface area (Å²) in [5, 5.41) is 13.7. The topological polar surface area (TPSA) is 109 Å². The molecule has 0 saturated heterocycles. The predicted octanol–water partition coefficient (Wildman–Crippen LogP) is 3.95. The van der Waals surface area contributed by atoms with Gasteiger partial charge in [0.25, 0.3) is 5.09 Å². The molecule has 0 amide bonds. The van der Waals surface area contributed by atoms with E-state index in [4.69, 9.17) is 30.6 Å². The second-order valence-electron chi connectivity index (χ2n) is 7.75. The fourth-order valence-corrected chi connectivity index (χ4v) is 4.31. The zero-order chi connectivity index (χ0) is 22.8. The molecule has 1 aromatic rings. The van der Waals surface area contributed by atoms with Crippen LogP contribution in [0.25, 0.3) is 0 Å². The van der Waals surface area contributed by atoms with Crippen molar-refractivity contribution in [3.63, 3.8) is 0 Å². The van der Waals surface area contributed by atoms with Gasteiger partial charge in [-0.1, -0.05) is 23.7 Å². The summed E-state index contributed by atoms with van der Waals surface area (Å²) in [6, 6.07) is 7.33. The van der Waals surface area contributed by atoms with E-state index in [-0.39, 0.29) is 18.9 Å². The number of carbonyl (C=O) groups is 1. The molecule has 32 heavy (non-hydrogen) atoms. The minimum absolute atomic E-state index is 0.149. The maximum absolute atomic E-state index is 13.0. The first-order valence-corrected chi connectivity index (χ1v) is 10.7. The first-order chi connectivity index (χ1) is 15.4. The van der Waals surface area contributed by atoms with E-state index >= 15 is 0 Å². The molecule has 1 fully saturated rings. The number of benzene rings is 1. The summed E-state index contributed by atoms with van der Waals surface area (Å²) in [6.45, 7) is 3.94. The van der Waals surface area contributed by atoms with Gasteiger partial charge in [0.15, 0.2) is 11.9 Å². The van der Waals surface area contributed by atoms with Crippen molar-refractivity contribution < 1.29 is 28.9 Å². The maximum Gasteiger partial charge on any atom is 0.314 e. The molecule has 0 bridgehead atoms. The molecular formula is C22H23ClN2O7. The molecular weight excluding hydrogens is 440 g/mol. The van der Waals surface area contributed by atoms with Crippen LogP contribution >= 0.6 is 11.6 Å². The third-order valence-corrected chi connectivity index (χ3v) is 5.96. The number of halogens is 1. The number of fused-ring (bicyclic) bond motifs is 1. The molecule has 1 aliphatic carbocycles. The number of allylic oxidation sites excluding steroid dienone is 2. The van der Waals surface area contributed by atoms with E-state index in [0.717, 1.165) is 11.1 Å². The van der Waals surface area contributed by atoms with E-state index in [0.29, 0.717) is 28.7 Å². The van der Waals surface area contributed by atoms with E-state index in [9.17, 15) is 14.9 Å². The molecule has 9 nitrogen and oxygen atoms in total. The number of dihydropyridines is 1. The Kier molecular flexibility index (Phi) is 6.38. The number of nitrogens with zero attached hydrogens (tertiary/aromatic N) is 1. The summed E-state index contributed by atoms with van der Waals surface area (Å²) in [5.41, 5.74) is 3.07. The Labute approximate surface area is 189 Å². The van der Waals surface area contributed by atoms with Crippen LogP contribution < -0.4 is 5.32 Å². The number of ether oxygens (including phenoxy) is 3. The van der Waals surface area contributed by atoms with Crippen LogP contribution in [0.4, 0.5) is 0 Å². The second-order valence-corrected chi connectivity index (χ2v) is 8.18. The highest BCUT2D eigenvalue weighted by molar-refractivity contribution is 6.30. The molecule has 3 aliphatic rings. The van der Waals surface area contributed by atoms with Gasteiger partial charge in [0.1, 0.15) is 6.10 Å². The number of rotatable bonds is 7. The monoisotopic (exact) mass is 462 g/mol. The minimum atomic E-state index is -0.850. The van der Waals surface area contributed by atoms with Crippen LogP contribution in [-0.4, -0.2) is 29.9 Å². The summed E-state index contributed by atoms with van der Waals surface area (Å²) < 4.78 is 17.2. The fraction of sp³-hybridized carbons (Fsp3) is 0.409. The van der Waals surface area contributed by atoms with E-state index in [1.54, 1.807) is 32.2 Å². The predicted molar refractivity (Wildman–Crippen MR) is 113 cm³/mol. The van der Waals surface area contributed by atoms with Crippen LogP contribution in [0.1, 0.15) is 38.4 Å². The van der Waals surface area contributed by atoms with Gasteiger partial charge in [0.05, 0.1) is 29.6 Å². The van der Waals surface area contributed by atoms with Crippen LogP contribution in [0.15, 0.2) is 59.3 Å². The third-order valence-electron chi connectivity index (χ3n) is 5.70. The van der Waals surface area contributed by atoms with Crippen LogP contribution in [0, 0.1) is 16.0 Å². The van der Waals surface area contributed by atoms with Gasteiger partial charge >= 0.3 is 5.97 Å². The largest absolute Gasteiger partial charge is 0.488 e.